The van der Waals surface area contributed by atoms with Crippen LogP contribution in [0.1, 0.15) is 18.9 Å². The number of thiazole rings is 1. The van der Waals surface area contributed by atoms with Crippen molar-refractivity contribution in [1.82, 2.24) is 24.8 Å². The van der Waals surface area contributed by atoms with E-state index >= 15 is 0 Å². The SMILES string of the molecule is CC/C(CN(C)C)=N/c1cccc(Nc2cc3nc(-c4ncccc4C)sc3cn2)n1. The van der Waals surface area contributed by atoms with Crippen LogP contribution in [-0.2, 0) is 0 Å². The number of hydrogen-bond acceptors (Lipinski definition) is 8. The largest absolute Gasteiger partial charge is 0.325 e. The van der Waals surface area contributed by atoms with Crippen LogP contribution in [0.2, 0.25) is 0 Å². The molecule has 0 aromatic carbocycles. The number of aryl methyl sites for hydroxylation is 1. The Morgan fingerprint density at radius 3 is 2.74 bits per heavy atom. The molecule has 0 unspecified atom stereocenters. The van der Waals surface area contributed by atoms with Gasteiger partial charge in [-0.15, -0.1) is 11.3 Å². The summed E-state index contributed by atoms with van der Waals surface area (Å²) in [6.07, 6.45) is 4.52. The molecule has 0 aliphatic carbocycles. The van der Waals surface area contributed by atoms with Gasteiger partial charge in [-0.1, -0.05) is 19.1 Å². The predicted molar refractivity (Wildman–Crippen MR) is 129 cm³/mol. The lowest BCUT2D eigenvalue weighted by molar-refractivity contribution is 0.467. The molecule has 4 rings (SSSR count). The zero-order valence-electron chi connectivity index (χ0n) is 18.1. The van der Waals surface area contributed by atoms with Crippen LogP contribution in [0, 0.1) is 6.92 Å². The molecule has 0 saturated carbocycles. The van der Waals surface area contributed by atoms with Crippen molar-refractivity contribution in [3.05, 3.63) is 54.4 Å². The molecule has 0 aliphatic heterocycles. The highest BCUT2D eigenvalue weighted by molar-refractivity contribution is 7.21. The summed E-state index contributed by atoms with van der Waals surface area (Å²) in [5, 5.41) is 4.17. The topological polar surface area (TPSA) is 79.2 Å². The highest BCUT2D eigenvalue weighted by atomic mass is 32.1. The van der Waals surface area contributed by atoms with Crippen molar-refractivity contribution >= 4 is 44.7 Å². The third-order valence-electron chi connectivity index (χ3n) is 4.66. The van der Waals surface area contributed by atoms with Crippen molar-refractivity contribution < 1.29 is 0 Å². The highest BCUT2D eigenvalue weighted by Gasteiger charge is 2.11. The van der Waals surface area contributed by atoms with E-state index < -0.39 is 0 Å². The monoisotopic (exact) mass is 431 g/mol. The van der Waals surface area contributed by atoms with E-state index in [1.165, 1.54) is 0 Å². The standard InChI is InChI=1S/C23H25N7S/c1-5-16(14-30(3)4)26-19-9-6-10-20(28-19)29-21-12-17-18(13-25-21)31-23(27-17)22-15(2)8-7-11-24-22/h6-13H,5,14H2,1-4H3,(H,25,28,29)/b26-16-. The minimum atomic E-state index is 0.686. The molecule has 4 aromatic heterocycles. The molecule has 7 nitrogen and oxygen atoms in total. The molecule has 0 aliphatic rings. The third kappa shape index (κ3) is 5.10. The van der Waals surface area contributed by atoms with Gasteiger partial charge in [-0.2, -0.15) is 0 Å². The number of fused-ring (bicyclic) bond motifs is 1. The number of rotatable bonds is 7. The Kier molecular flexibility index (Phi) is 6.29. The second-order valence-corrected chi connectivity index (χ2v) is 8.53. The van der Waals surface area contributed by atoms with Crippen molar-refractivity contribution in [2.75, 3.05) is 26.0 Å². The molecule has 0 fully saturated rings. The number of anilines is 2. The van der Waals surface area contributed by atoms with Gasteiger partial charge in [0.2, 0.25) is 0 Å². The van der Waals surface area contributed by atoms with Gasteiger partial charge in [0.1, 0.15) is 22.3 Å². The first kappa shape index (κ1) is 21.0. The van der Waals surface area contributed by atoms with Gasteiger partial charge in [0, 0.05) is 30.7 Å². The van der Waals surface area contributed by atoms with E-state index in [1.807, 2.05) is 63.6 Å². The van der Waals surface area contributed by atoms with E-state index in [0.29, 0.717) is 17.5 Å². The normalized spacial score (nSPS) is 12.0. The van der Waals surface area contributed by atoms with Crippen molar-refractivity contribution in [2.45, 2.75) is 20.3 Å². The lowest BCUT2D eigenvalue weighted by atomic mass is 10.2. The van der Waals surface area contributed by atoms with Crippen LogP contribution in [0.15, 0.2) is 53.8 Å². The fourth-order valence-corrected chi connectivity index (χ4v) is 4.13. The minimum Gasteiger partial charge on any atom is -0.325 e. The Labute approximate surface area is 186 Å². The minimum absolute atomic E-state index is 0.686. The quantitative estimate of drug-likeness (QED) is 0.403. The predicted octanol–water partition coefficient (Wildman–Crippen LogP) is 5.24. The first-order valence-electron chi connectivity index (χ1n) is 10.2. The van der Waals surface area contributed by atoms with Gasteiger partial charge in [-0.05, 0) is 51.2 Å². The van der Waals surface area contributed by atoms with Crippen LogP contribution in [0.25, 0.3) is 20.9 Å². The molecule has 1 N–H and O–H groups in total. The summed E-state index contributed by atoms with van der Waals surface area (Å²) >= 11 is 1.59. The molecule has 0 bridgehead atoms. The van der Waals surface area contributed by atoms with E-state index in [9.17, 15) is 0 Å². The maximum atomic E-state index is 4.77. The fourth-order valence-electron chi connectivity index (χ4n) is 3.15. The van der Waals surface area contributed by atoms with Crippen molar-refractivity contribution in [3.63, 3.8) is 0 Å². The fraction of sp³-hybridized carbons (Fsp3) is 0.261. The molecule has 158 valence electrons. The number of nitrogens with one attached hydrogen (secondary N) is 1. The summed E-state index contributed by atoms with van der Waals surface area (Å²) in [6, 6.07) is 11.7. The molecule has 0 radical (unpaired) electrons. The molecule has 8 heteroatoms. The average Bonchev–Trinajstić information content (AvgIpc) is 3.16. The third-order valence-corrected chi connectivity index (χ3v) is 5.67. The number of hydrogen-bond donors (Lipinski definition) is 1. The Hall–Kier alpha value is -3.23. The van der Waals surface area contributed by atoms with E-state index in [-0.39, 0.29) is 0 Å². The Bertz CT molecular complexity index is 1230. The molecule has 4 aromatic rings. The van der Waals surface area contributed by atoms with Gasteiger partial charge in [0.15, 0.2) is 5.82 Å². The molecule has 0 saturated heterocycles. The van der Waals surface area contributed by atoms with E-state index in [4.69, 9.17) is 9.98 Å². The molecule has 0 spiro atoms. The van der Waals surface area contributed by atoms with Crippen LogP contribution in [0.5, 0.6) is 0 Å². The van der Waals surface area contributed by atoms with Crippen molar-refractivity contribution in [1.29, 1.82) is 0 Å². The van der Waals surface area contributed by atoms with E-state index in [0.717, 1.165) is 45.2 Å². The first-order chi connectivity index (χ1) is 15.0. The maximum absolute atomic E-state index is 4.77. The van der Waals surface area contributed by atoms with Crippen LogP contribution in [0.3, 0.4) is 0 Å². The van der Waals surface area contributed by atoms with E-state index in [2.05, 4.69) is 32.1 Å². The maximum Gasteiger partial charge on any atom is 0.154 e. The van der Waals surface area contributed by atoms with Crippen LogP contribution in [-0.4, -0.2) is 51.2 Å². The smallest absolute Gasteiger partial charge is 0.154 e. The number of pyridine rings is 3. The van der Waals surface area contributed by atoms with Crippen LogP contribution < -0.4 is 5.32 Å². The van der Waals surface area contributed by atoms with Crippen LogP contribution in [0.4, 0.5) is 17.5 Å². The summed E-state index contributed by atoms with van der Waals surface area (Å²) in [5.74, 6) is 2.08. The zero-order chi connectivity index (χ0) is 21.8. The first-order valence-corrected chi connectivity index (χ1v) is 11.0. The molecule has 31 heavy (non-hydrogen) atoms. The lowest BCUT2D eigenvalue weighted by Gasteiger charge is -2.11. The lowest BCUT2D eigenvalue weighted by Crippen LogP contribution is -2.21. The van der Waals surface area contributed by atoms with Crippen molar-refractivity contribution in [2.24, 2.45) is 4.99 Å². The number of aromatic nitrogens is 4. The van der Waals surface area contributed by atoms with E-state index in [1.54, 1.807) is 17.5 Å². The highest BCUT2D eigenvalue weighted by Crippen LogP contribution is 2.31. The summed E-state index contributed by atoms with van der Waals surface area (Å²) in [6.45, 7) is 4.97. The van der Waals surface area contributed by atoms with Gasteiger partial charge >= 0.3 is 0 Å². The van der Waals surface area contributed by atoms with Crippen LogP contribution >= 0.6 is 11.3 Å². The van der Waals surface area contributed by atoms with Gasteiger partial charge in [-0.25, -0.2) is 19.9 Å². The average molecular weight is 432 g/mol. The Balaban J connectivity index is 1.58. The number of aliphatic imine (C=N–C) groups is 1. The van der Waals surface area contributed by atoms with Gasteiger partial charge < -0.3 is 10.2 Å². The summed E-state index contributed by atoms with van der Waals surface area (Å²) in [7, 11) is 4.08. The summed E-state index contributed by atoms with van der Waals surface area (Å²) in [4.78, 5) is 25.2. The van der Waals surface area contributed by atoms with Gasteiger partial charge in [0.25, 0.3) is 0 Å². The van der Waals surface area contributed by atoms with Gasteiger partial charge in [0.05, 0.1) is 10.2 Å². The zero-order valence-corrected chi connectivity index (χ0v) is 18.9. The molecular weight excluding hydrogens is 406 g/mol. The molecular formula is C23H25N7S. The Morgan fingerprint density at radius 2 is 1.97 bits per heavy atom. The number of nitrogens with zero attached hydrogens (tertiary/aromatic N) is 6. The molecule has 0 atom stereocenters. The Morgan fingerprint density at radius 1 is 1.10 bits per heavy atom. The molecule has 4 heterocycles. The second kappa shape index (κ2) is 9.28. The summed E-state index contributed by atoms with van der Waals surface area (Å²) in [5.41, 5.74) is 4.00. The molecule has 0 amide bonds. The summed E-state index contributed by atoms with van der Waals surface area (Å²) < 4.78 is 1.02. The van der Waals surface area contributed by atoms with Crippen molar-refractivity contribution in [3.8, 4) is 10.7 Å². The van der Waals surface area contributed by atoms with Gasteiger partial charge in [-0.3, -0.25) is 4.98 Å². The second-order valence-electron chi connectivity index (χ2n) is 7.50.